The van der Waals surface area contributed by atoms with Crippen molar-refractivity contribution in [3.8, 4) is 0 Å². The molecule has 81 heavy (non-hydrogen) atoms. The van der Waals surface area contributed by atoms with E-state index in [9.17, 15) is 14.4 Å². The Morgan fingerprint density at radius 1 is 0.259 bits per heavy atom. The number of allylic oxidation sites excluding steroid dienone is 22. The summed E-state index contributed by atoms with van der Waals surface area (Å²) in [5.74, 6) is -0.914. The van der Waals surface area contributed by atoms with Crippen LogP contribution in [0.2, 0.25) is 0 Å². The number of hydrogen-bond acceptors (Lipinski definition) is 6. The van der Waals surface area contributed by atoms with Crippen LogP contribution < -0.4 is 0 Å². The summed E-state index contributed by atoms with van der Waals surface area (Å²) in [6, 6.07) is 0. The summed E-state index contributed by atoms with van der Waals surface area (Å²) in [4.78, 5) is 38.3. The first-order chi connectivity index (χ1) is 40.0. The van der Waals surface area contributed by atoms with E-state index in [-0.39, 0.29) is 31.1 Å². The van der Waals surface area contributed by atoms with Crippen LogP contribution >= 0.6 is 0 Å². The maximum atomic E-state index is 12.9. The third-order valence-electron chi connectivity index (χ3n) is 14.1. The van der Waals surface area contributed by atoms with Crippen molar-refractivity contribution in [3.63, 3.8) is 0 Å². The second kappa shape index (κ2) is 68.1. The van der Waals surface area contributed by atoms with E-state index >= 15 is 0 Å². The molecule has 0 heterocycles. The van der Waals surface area contributed by atoms with Crippen molar-refractivity contribution in [1.29, 1.82) is 0 Å². The molecule has 0 aromatic carbocycles. The smallest absolute Gasteiger partial charge is 0.306 e. The van der Waals surface area contributed by atoms with Gasteiger partial charge >= 0.3 is 17.9 Å². The minimum Gasteiger partial charge on any atom is -0.462 e. The lowest BCUT2D eigenvalue weighted by Crippen LogP contribution is -2.30. The molecule has 0 bridgehead atoms. The summed E-state index contributed by atoms with van der Waals surface area (Å²) in [6.07, 6.45) is 96.1. The standard InChI is InChI=1S/C75H124O6/c1-4-7-10-13-16-19-22-25-28-29-30-31-32-33-34-35-36-37-38-39-40-41-42-43-44-45-48-50-53-56-59-62-65-68-74(77)80-71-72(81-75(78)69-66-63-60-57-54-51-47-27-24-21-18-15-12-9-6-3)70-79-73(76)67-64-61-58-55-52-49-46-26-23-20-17-14-11-8-5-2/h7,9-10,12,16,18-19,21,25-28,30-31,33-34,36-37,39-40,46-47,72H,4-6,8,11,13-15,17,20,22-24,29,32,35,38,41-45,48-71H2,1-3H3/b10-7-,12-9-,19-16-,21-18-,28-25-,31-30-,34-33-,37-36-,40-39-,46-26-,47-27-. The van der Waals surface area contributed by atoms with Crippen molar-refractivity contribution in [2.24, 2.45) is 0 Å². The van der Waals surface area contributed by atoms with Crippen molar-refractivity contribution in [2.45, 2.75) is 309 Å². The van der Waals surface area contributed by atoms with E-state index in [0.717, 1.165) is 148 Å². The Bertz CT molecular complexity index is 1720. The van der Waals surface area contributed by atoms with Crippen molar-refractivity contribution >= 4 is 17.9 Å². The van der Waals surface area contributed by atoms with Gasteiger partial charge in [-0.2, -0.15) is 0 Å². The molecule has 1 unspecified atom stereocenters. The zero-order chi connectivity index (χ0) is 58.5. The molecule has 0 aromatic heterocycles. The number of rotatable bonds is 60. The largest absolute Gasteiger partial charge is 0.462 e. The molecule has 0 N–H and O–H groups in total. The third-order valence-corrected chi connectivity index (χ3v) is 14.1. The fraction of sp³-hybridized carbons (Fsp3) is 0.667. The molecule has 0 fully saturated rings. The molecule has 0 aliphatic heterocycles. The van der Waals surface area contributed by atoms with Crippen molar-refractivity contribution in [2.75, 3.05) is 13.2 Å². The predicted molar refractivity (Wildman–Crippen MR) is 353 cm³/mol. The van der Waals surface area contributed by atoms with E-state index < -0.39 is 6.10 Å². The molecule has 0 saturated carbocycles. The van der Waals surface area contributed by atoms with Gasteiger partial charge in [0.1, 0.15) is 13.2 Å². The van der Waals surface area contributed by atoms with Crippen LogP contribution in [-0.4, -0.2) is 37.2 Å². The molecule has 0 radical (unpaired) electrons. The fourth-order valence-electron chi connectivity index (χ4n) is 9.14. The zero-order valence-corrected chi connectivity index (χ0v) is 52.8. The van der Waals surface area contributed by atoms with Crippen LogP contribution in [-0.2, 0) is 28.6 Å². The molecule has 0 aromatic rings. The lowest BCUT2D eigenvalue weighted by atomic mass is 10.0. The molecule has 0 aliphatic carbocycles. The highest BCUT2D eigenvalue weighted by Gasteiger charge is 2.19. The molecular weight excluding hydrogens is 997 g/mol. The molecular formula is C75H124O6. The molecule has 460 valence electrons. The van der Waals surface area contributed by atoms with Crippen LogP contribution in [0.4, 0.5) is 0 Å². The summed E-state index contributed by atoms with van der Waals surface area (Å²) >= 11 is 0. The third kappa shape index (κ3) is 66.2. The fourth-order valence-corrected chi connectivity index (χ4v) is 9.14. The Morgan fingerprint density at radius 3 is 0.765 bits per heavy atom. The van der Waals surface area contributed by atoms with Gasteiger partial charge in [0.2, 0.25) is 0 Å². The topological polar surface area (TPSA) is 78.9 Å². The van der Waals surface area contributed by atoms with Gasteiger partial charge in [0, 0.05) is 19.3 Å². The lowest BCUT2D eigenvalue weighted by Gasteiger charge is -2.18. The van der Waals surface area contributed by atoms with Gasteiger partial charge in [-0.1, -0.05) is 283 Å². The van der Waals surface area contributed by atoms with Crippen LogP contribution in [0.5, 0.6) is 0 Å². The van der Waals surface area contributed by atoms with Crippen molar-refractivity contribution in [3.05, 3.63) is 134 Å². The van der Waals surface area contributed by atoms with E-state index in [1.54, 1.807) is 0 Å². The van der Waals surface area contributed by atoms with Gasteiger partial charge in [-0.15, -0.1) is 0 Å². The van der Waals surface area contributed by atoms with E-state index in [4.69, 9.17) is 14.2 Å². The van der Waals surface area contributed by atoms with Gasteiger partial charge < -0.3 is 14.2 Å². The summed E-state index contributed by atoms with van der Waals surface area (Å²) < 4.78 is 16.9. The first kappa shape index (κ1) is 76.5. The van der Waals surface area contributed by atoms with Crippen LogP contribution in [0.1, 0.15) is 303 Å². The van der Waals surface area contributed by atoms with Crippen molar-refractivity contribution in [1.82, 2.24) is 0 Å². The highest BCUT2D eigenvalue weighted by atomic mass is 16.6. The molecule has 0 aliphatic rings. The molecule has 6 nitrogen and oxygen atoms in total. The Labute approximate surface area is 500 Å². The summed E-state index contributed by atoms with van der Waals surface area (Å²) in [5, 5.41) is 0. The average Bonchev–Trinajstić information content (AvgIpc) is 3.47. The minimum absolute atomic E-state index is 0.0910. The quantitative estimate of drug-likeness (QED) is 0.0261. The van der Waals surface area contributed by atoms with Gasteiger partial charge in [0.25, 0.3) is 0 Å². The number of esters is 3. The second-order valence-electron chi connectivity index (χ2n) is 22.0. The molecule has 6 heteroatoms. The van der Waals surface area contributed by atoms with Gasteiger partial charge in [-0.25, -0.2) is 0 Å². The molecule has 0 saturated heterocycles. The van der Waals surface area contributed by atoms with Crippen molar-refractivity contribution < 1.29 is 28.6 Å². The number of hydrogen-bond donors (Lipinski definition) is 0. The Kier molecular flexibility index (Phi) is 64.3. The Balaban J connectivity index is 4.27. The van der Waals surface area contributed by atoms with Crippen LogP contribution in [0, 0.1) is 0 Å². The monoisotopic (exact) mass is 1120 g/mol. The first-order valence-electron chi connectivity index (χ1n) is 33.7. The van der Waals surface area contributed by atoms with Crippen LogP contribution in [0.15, 0.2) is 134 Å². The number of carbonyl (C=O) groups is 3. The Morgan fingerprint density at radius 2 is 0.481 bits per heavy atom. The molecule has 0 spiro atoms. The number of unbranched alkanes of at least 4 members (excludes halogenated alkanes) is 27. The highest BCUT2D eigenvalue weighted by Crippen LogP contribution is 2.16. The van der Waals surface area contributed by atoms with E-state index in [1.165, 1.54) is 116 Å². The van der Waals surface area contributed by atoms with E-state index in [1.807, 2.05) is 0 Å². The summed E-state index contributed by atoms with van der Waals surface area (Å²) in [6.45, 7) is 6.40. The maximum absolute atomic E-state index is 12.9. The lowest BCUT2D eigenvalue weighted by molar-refractivity contribution is -0.167. The van der Waals surface area contributed by atoms with E-state index in [2.05, 4.69) is 154 Å². The molecule has 0 rings (SSSR count). The summed E-state index contributed by atoms with van der Waals surface area (Å²) in [7, 11) is 0. The Hall–Kier alpha value is -4.45. The summed E-state index contributed by atoms with van der Waals surface area (Å²) in [5.41, 5.74) is 0. The normalized spacial score (nSPS) is 13.0. The number of ether oxygens (including phenoxy) is 3. The van der Waals surface area contributed by atoms with Crippen LogP contribution in [0.25, 0.3) is 0 Å². The minimum atomic E-state index is -0.796. The van der Waals surface area contributed by atoms with Gasteiger partial charge in [0.15, 0.2) is 6.10 Å². The van der Waals surface area contributed by atoms with Gasteiger partial charge in [-0.3, -0.25) is 14.4 Å². The van der Waals surface area contributed by atoms with Gasteiger partial charge in [-0.05, 0) is 135 Å². The van der Waals surface area contributed by atoms with Crippen LogP contribution in [0.3, 0.4) is 0 Å². The molecule has 0 amide bonds. The molecule has 1 atom stereocenters. The van der Waals surface area contributed by atoms with Gasteiger partial charge in [0.05, 0.1) is 0 Å². The second-order valence-corrected chi connectivity index (χ2v) is 22.0. The SMILES string of the molecule is CC/C=C\C/C=C\C/C=C\C/C=C\C/C=C\C/C=C\C/C=C\CCCCCCCCCCCCCC(=O)OCC(COC(=O)CCCCCCC/C=C\CCCCCCCC)OC(=O)CCCCCCC/C=C\C/C=C\C/C=C\CC. The first-order valence-corrected chi connectivity index (χ1v) is 33.7. The average molecular weight is 1120 g/mol. The number of carbonyl (C=O) groups excluding carboxylic acids is 3. The predicted octanol–water partition coefficient (Wildman–Crippen LogP) is 23.3. The maximum Gasteiger partial charge on any atom is 0.306 e. The van der Waals surface area contributed by atoms with E-state index in [0.29, 0.717) is 19.3 Å². The zero-order valence-electron chi connectivity index (χ0n) is 52.8. The highest BCUT2D eigenvalue weighted by molar-refractivity contribution is 5.71.